The van der Waals surface area contributed by atoms with Gasteiger partial charge in [-0.25, -0.2) is 4.98 Å². The number of fused-ring (bicyclic) bond motifs is 6. The van der Waals surface area contributed by atoms with E-state index in [9.17, 15) is 0 Å². The predicted octanol–water partition coefficient (Wildman–Crippen LogP) is 10.0. The lowest BCUT2D eigenvalue weighted by atomic mass is 9.96. The van der Waals surface area contributed by atoms with E-state index in [1.54, 1.807) is 0 Å². The molecule has 206 valence electrons. The molecule has 0 aliphatic carbocycles. The third-order valence-electron chi connectivity index (χ3n) is 8.60. The van der Waals surface area contributed by atoms with E-state index in [0.29, 0.717) is 5.95 Å². The topological polar surface area (TPSA) is 35.6 Å². The van der Waals surface area contributed by atoms with Crippen molar-refractivity contribution in [3.05, 3.63) is 158 Å². The lowest BCUT2D eigenvalue weighted by molar-refractivity contribution is 0.989. The highest BCUT2D eigenvalue weighted by Gasteiger charge is 2.21. The Morgan fingerprint density at radius 1 is 0.455 bits per heavy atom. The van der Waals surface area contributed by atoms with E-state index in [0.717, 1.165) is 50.1 Å². The van der Waals surface area contributed by atoms with Gasteiger partial charge in [-0.15, -0.1) is 0 Å². The molecule has 0 aliphatic heterocycles. The smallest absolute Gasteiger partial charge is 0.237 e. The predicted molar refractivity (Wildman–Crippen MR) is 182 cm³/mol. The minimum atomic E-state index is 0.646. The average molecular weight is 563 g/mol. The van der Waals surface area contributed by atoms with Gasteiger partial charge in [0.1, 0.15) is 0 Å². The van der Waals surface area contributed by atoms with Gasteiger partial charge in [0.15, 0.2) is 5.65 Å². The van der Waals surface area contributed by atoms with Crippen molar-refractivity contribution in [2.24, 2.45) is 0 Å². The van der Waals surface area contributed by atoms with Gasteiger partial charge in [0, 0.05) is 33.6 Å². The third kappa shape index (κ3) is 3.71. The van der Waals surface area contributed by atoms with Gasteiger partial charge >= 0.3 is 0 Å². The standard InChI is InChI=1S/C40H26N4/c1-3-13-27(14-4-1)30-18-9-10-20-32(30)38-34-25-26-43(29-16-5-2-6-17-29)39(34)42-40(41-38)44-35-22-12-11-21-33(35)37-31-19-8-7-15-28(31)23-24-36(37)44/h1-26H. The van der Waals surface area contributed by atoms with Crippen LogP contribution in [0.25, 0.3) is 77.6 Å². The molecular formula is C40H26N4. The highest BCUT2D eigenvalue weighted by Crippen LogP contribution is 2.39. The highest BCUT2D eigenvalue weighted by molar-refractivity contribution is 6.21. The van der Waals surface area contributed by atoms with Crippen molar-refractivity contribution in [2.75, 3.05) is 0 Å². The summed E-state index contributed by atoms with van der Waals surface area (Å²) in [6.07, 6.45) is 2.10. The zero-order valence-corrected chi connectivity index (χ0v) is 23.8. The quantitative estimate of drug-likeness (QED) is 0.214. The Bertz CT molecular complexity index is 2490. The molecule has 0 atom stereocenters. The van der Waals surface area contributed by atoms with Crippen LogP contribution in [0.5, 0.6) is 0 Å². The first-order valence-electron chi connectivity index (χ1n) is 14.9. The zero-order chi connectivity index (χ0) is 29.0. The summed E-state index contributed by atoms with van der Waals surface area (Å²) in [5, 5.41) is 5.85. The lowest BCUT2D eigenvalue weighted by Gasteiger charge is -2.14. The monoisotopic (exact) mass is 562 g/mol. The SMILES string of the molecule is c1ccc(-c2ccccc2-c2nc(-n3c4ccccc4c4c5ccccc5ccc43)nc3c2ccn3-c2ccccc2)cc1. The molecule has 0 fully saturated rings. The molecule has 0 spiro atoms. The van der Waals surface area contributed by atoms with Gasteiger partial charge < -0.3 is 4.57 Å². The van der Waals surface area contributed by atoms with E-state index < -0.39 is 0 Å². The van der Waals surface area contributed by atoms with Gasteiger partial charge in [0.25, 0.3) is 0 Å². The van der Waals surface area contributed by atoms with E-state index in [1.165, 1.54) is 21.5 Å². The molecule has 0 bridgehead atoms. The van der Waals surface area contributed by atoms with E-state index in [4.69, 9.17) is 9.97 Å². The van der Waals surface area contributed by atoms with Crippen molar-refractivity contribution in [3.63, 3.8) is 0 Å². The van der Waals surface area contributed by atoms with Crippen molar-refractivity contribution in [2.45, 2.75) is 0 Å². The van der Waals surface area contributed by atoms with E-state index >= 15 is 0 Å². The first-order valence-corrected chi connectivity index (χ1v) is 14.9. The molecule has 0 radical (unpaired) electrons. The molecule has 0 saturated heterocycles. The summed E-state index contributed by atoms with van der Waals surface area (Å²) in [5.41, 5.74) is 8.37. The van der Waals surface area contributed by atoms with E-state index in [1.807, 2.05) is 6.07 Å². The van der Waals surface area contributed by atoms with Crippen LogP contribution >= 0.6 is 0 Å². The third-order valence-corrected chi connectivity index (χ3v) is 8.60. The van der Waals surface area contributed by atoms with Crippen molar-refractivity contribution < 1.29 is 0 Å². The van der Waals surface area contributed by atoms with Crippen molar-refractivity contribution in [1.82, 2.24) is 19.1 Å². The van der Waals surface area contributed by atoms with Crippen LogP contribution in [0.3, 0.4) is 0 Å². The maximum absolute atomic E-state index is 5.43. The van der Waals surface area contributed by atoms with E-state index in [2.05, 4.69) is 161 Å². The zero-order valence-electron chi connectivity index (χ0n) is 23.8. The number of rotatable bonds is 4. The second-order valence-electron chi connectivity index (χ2n) is 11.1. The molecule has 0 N–H and O–H groups in total. The summed E-state index contributed by atoms with van der Waals surface area (Å²) in [7, 11) is 0. The molecule has 9 aromatic rings. The van der Waals surface area contributed by atoms with Crippen LogP contribution in [0.15, 0.2) is 158 Å². The number of hydrogen-bond acceptors (Lipinski definition) is 2. The second kappa shape index (κ2) is 9.79. The molecule has 0 amide bonds. The minimum Gasteiger partial charge on any atom is -0.301 e. The highest BCUT2D eigenvalue weighted by atomic mass is 15.2. The average Bonchev–Trinajstić information content (AvgIpc) is 3.68. The van der Waals surface area contributed by atoms with Crippen LogP contribution in [0.4, 0.5) is 0 Å². The summed E-state index contributed by atoms with van der Waals surface area (Å²) >= 11 is 0. The summed E-state index contributed by atoms with van der Waals surface area (Å²) in [6, 6.07) is 53.2. The molecule has 0 aliphatic rings. The molecule has 3 heterocycles. The number of hydrogen-bond donors (Lipinski definition) is 0. The fourth-order valence-corrected chi connectivity index (χ4v) is 6.62. The van der Waals surface area contributed by atoms with E-state index in [-0.39, 0.29) is 0 Å². The maximum Gasteiger partial charge on any atom is 0.237 e. The largest absolute Gasteiger partial charge is 0.301 e. The Hall–Kier alpha value is -6.00. The Kier molecular flexibility index (Phi) is 5.47. The molecule has 6 aromatic carbocycles. The number of para-hydroxylation sites is 2. The summed E-state index contributed by atoms with van der Waals surface area (Å²) in [6.45, 7) is 0. The Morgan fingerprint density at radius 2 is 1.14 bits per heavy atom. The van der Waals surface area contributed by atoms with Crippen LogP contribution in [0.2, 0.25) is 0 Å². The number of nitrogens with zero attached hydrogens (tertiary/aromatic N) is 4. The van der Waals surface area contributed by atoms with Gasteiger partial charge in [0.05, 0.1) is 16.7 Å². The van der Waals surface area contributed by atoms with Crippen molar-refractivity contribution in [3.8, 4) is 34.0 Å². The van der Waals surface area contributed by atoms with Crippen LogP contribution in [-0.2, 0) is 0 Å². The van der Waals surface area contributed by atoms with Crippen molar-refractivity contribution in [1.29, 1.82) is 0 Å². The first kappa shape index (κ1) is 24.6. The van der Waals surface area contributed by atoms with Crippen LogP contribution in [0.1, 0.15) is 0 Å². The number of aromatic nitrogens is 4. The molecule has 4 nitrogen and oxygen atoms in total. The number of benzene rings is 6. The molecule has 44 heavy (non-hydrogen) atoms. The molecule has 4 heteroatoms. The lowest BCUT2D eigenvalue weighted by Crippen LogP contribution is -2.05. The minimum absolute atomic E-state index is 0.646. The molecule has 0 saturated carbocycles. The van der Waals surface area contributed by atoms with Gasteiger partial charge in [-0.05, 0) is 52.2 Å². The van der Waals surface area contributed by atoms with Gasteiger partial charge in [-0.1, -0.05) is 121 Å². The Morgan fingerprint density at radius 3 is 1.98 bits per heavy atom. The second-order valence-corrected chi connectivity index (χ2v) is 11.1. The maximum atomic E-state index is 5.43. The fourth-order valence-electron chi connectivity index (χ4n) is 6.62. The fraction of sp³-hybridized carbons (Fsp3) is 0. The summed E-state index contributed by atoms with van der Waals surface area (Å²) < 4.78 is 4.39. The Balaban J connectivity index is 1.41. The molecule has 3 aromatic heterocycles. The summed E-state index contributed by atoms with van der Waals surface area (Å²) in [4.78, 5) is 10.8. The first-order chi connectivity index (χ1) is 21.8. The Labute approximate surface area is 254 Å². The van der Waals surface area contributed by atoms with Crippen LogP contribution in [0, 0.1) is 0 Å². The molecular weight excluding hydrogens is 536 g/mol. The van der Waals surface area contributed by atoms with Gasteiger partial charge in [-0.2, -0.15) is 4.98 Å². The van der Waals surface area contributed by atoms with Crippen molar-refractivity contribution >= 4 is 43.6 Å². The molecule has 9 rings (SSSR count). The van der Waals surface area contributed by atoms with Gasteiger partial charge in [-0.3, -0.25) is 4.57 Å². The normalized spacial score (nSPS) is 11.6. The van der Waals surface area contributed by atoms with Crippen LogP contribution in [-0.4, -0.2) is 19.1 Å². The molecule has 0 unspecified atom stereocenters. The van der Waals surface area contributed by atoms with Crippen LogP contribution < -0.4 is 0 Å². The summed E-state index contributed by atoms with van der Waals surface area (Å²) in [5.74, 6) is 0.646. The van der Waals surface area contributed by atoms with Gasteiger partial charge in [0.2, 0.25) is 5.95 Å².